The third-order valence-electron chi connectivity index (χ3n) is 4.83. The van der Waals surface area contributed by atoms with E-state index in [0.29, 0.717) is 23.7 Å². The minimum absolute atomic E-state index is 0.0887. The molecule has 0 aromatic heterocycles. The molecule has 0 aliphatic rings. The Bertz CT molecular complexity index is 809. The van der Waals surface area contributed by atoms with Crippen LogP contribution < -0.4 is 9.47 Å². The number of nitrogens with zero attached hydrogens (tertiary/aromatic N) is 1. The van der Waals surface area contributed by atoms with E-state index in [9.17, 15) is 10.1 Å². The fourth-order valence-electron chi connectivity index (χ4n) is 2.31. The minimum atomic E-state index is -0.451. The summed E-state index contributed by atoms with van der Waals surface area (Å²) >= 11 is 6.45. The van der Waals surface area contributed by atoms with Crippen molar-refractivity contribution >= 4 is 28.1 Å². The van der Waals surface area contributed by atoms with Crippen LogP contribution in [0.1, 0.15) is 33.3 Å². The Morgan fingerprint density at radius 2 is 1.64 bits per heavy atom. The summed E-state index contributed by atoms with van der Waals surface area (Å²) in [7, 11) is 1.57. The summed E-state index contributed by atoms with van der Waals surface area (Å²) in [5.41, 5.74) is 0.414. The first-order valence-corrected chi connectivity index (χ1v) is 8.42. The highest BCUT2D eigenvalue weighted by molar-refractivity contribution is 6.23. The van der Waals surface area contributed by atoms with Crippen LogP contribution in [0.4, 0.5) is 5.69 Å². The third-order valence-corrected chi connectivity index (χ3v) is 5.34. The number of nitro groups is 1. The van der Waals surface area contributed by atoms with Crippen molar-refractivity contribution in [3.8, 4) is 11.5 Å². The molecule has 0 unspecified atom stereocenters. The highest BCUT2D eigenvalue weighted by Crippen LogP contribution is 2.39. The molecule has 136 valence electrons. The van der Waals surface area contributed by atoms with Gasteiger partial charge in [0.15, 0.2) is 11.5 Å². The van der Waals surface area contributed by atoms with E-state index in [1.165, 1.54) is 0 Å². The summed E-state index contributed by atoms with van der Waals surface area (Å²) < 4.78 is 11.4. The summed E-state index contributed by atoms with van der Waals surface area (Å²) in [6, 6.07) is 6.96. The van der Waals surface area contributed by atoms with Gasteiger partial charge in [0.2, 0.25) is 0 Å². The van der Waals surface area contributed by atoms with E-state index in [1.807, 2.05) is 33.8 Å². The maximum absolute atomic E-state index is 11.2. The summed E-state index contributed by atoms with van der Waals surface area (Å²) in [6.07, 6.45) is 0. The molecule has 6 heteroatoms. The van der Waals surface area contributed by atoms with Crippen molar-refractivity contribution in [2.24, 2.45) is 5.41 Å². The van der Waals surface area contributed by atoms with E-state index in [-0.39, 0.29) is 16.0 Å². The molecule has 0 saturated heterocycles. The van der Waals surface area contributed by atoms with Crippen LogP contribution >= 0.6 is 11.6 Å². The minimum Gasteiger partial charge on any atom is -0.493 e. The Kier molecular flexibility index (Phi) is 5.19. The van der Waals surface area contributed by atoms with Crippen molar-refractivity contribution in [1.82, 2.24) is 0 Å². The third kappa shape index (κ3) is 3.98. The molecule has 0 fully saturated rings. The van der Waals surface area contributed by atoms with Gasteiger partial charge in [-0.2, -0.15) is 0 Å². The van der Waals surface area contributed by atoms with E-state index in [4.69, 9.17) is 21.1 Å². The maximum Gasteiger partial charge on any atom is 0.272 e. The molecule has 2 aromatic carbocycles. The second kappa shape index (κ2) is 6.71. The van der Waals surface area contributed by atoms with Gasteiger partial charge in [-0.15, -0.1) is 11.6 Å². The number of nitro benzene ring substituents is 1. The Hall–Kier alpha value is -2.01. The Morgan fingerprint density at radius 1 is 1.08 bits per heavy atom. The highest BCUT2D eigenvalue weighted by atomic mass is 35.5. The van der Waals surface area contributed by atoms with E-state index < -0.39 is 4.87 Å². The molecule has 0 N–H and O–H groups in total. The van der Waals surface area contributed by atoms with Gasteiger partial charge in [-0.25, -0.2) is 0 Å². The largest absolute Gasteiger partial charge is 0.493 e. The lowest BCUT2D eigenvalue weighted by atomic mass is 9.81. The van der Waals surface area contributed by atoms with Crippen molar-refractivity contribution in [1.29, 1.82) is 0 Å². The normalized spacial score (nSPS) is 12.3. The topological polar surface area (TPSA) is 61.6 Å². The van der Waals surface area contributed by atoms with Gasteiger partial charge in [-0.1, -0.05) is 13.8 Å². The van der Waals surface area contributed by atoms with Gasteiger partial charge in [0.1, 0.15) is 0 Å². The number of aryl methyl sites for hydroxylation is 1. The van der Waals surface area contributed by atoms with E-state index >= 15 is 0 Å². The quantitative estimate of drug-likeness (QED) is 0.386. The van der Waals surface area contributed by atoms with Gasteiger partial charge < -0.3 is 9.47 Å². The average molecular weight is 366 g/mol. The number of fused-ring (bicyclic) bond motifs is 1. The first-order chi connectivity index (χ1) is 11.5. The van der Waals surface area contributed by atoms with Crippen LogP contribution in [0, 0.1) is 22.5 Å². The molecule has 0 bridgehead atoms. The maximum atomic E-state index is 11.2. The summed E-state index contributed by atoms with van der Waals surface area (Å²) in [5, 5.41) is 12.8. The molecular weight excluding hydrogens is 342 g/mol. The molecule has 0 heterocycles. The van der Waals surface area contributed by atoms with Crippen LogP contribution in [0.5, 0.6) is 11.5 Å². The monoisotopic (exact) mass is 365 g/mol. The van der Waals surface area contributed by atoms with E-state index in [0.717, 1.165) is 10.8 Å². The number of hydrogen-bond acceptors (Lipinski definition) is 4. The van der Waals surface area contributed by atoms with Gasteiger partial charge in [0.25, 0.3) is 5.69 Å². The van der Waals surface area contributed by atoms with Crippen LogP contribution in [-0.4, -0.2) is 23.5 Å². The molecular formula is C19H24ClNO4. The van der Waals surface area contributed by atoms with Crippen LogP contribution in [0.15, 0.2) is 24.3 Å². The van der Waals surface area contributed by atoms with Gasteiger partial charge in [0.05, 0.1) is 18.6 Å². The number of benzene rings is 2. The SMILES string of the molecule is COc1cc2cc(C)c([N+](=O)[O-])cc2cc1OCC(C)(C)C(C)(C)Cl. The predicted octanol–water partition coefficient (Wildman–Crippen LogP) is 5.49. The number of ether oxygens (including phenoxy) is 2. The van der Waals surface area contributed by atoms with Crippen LogP contribution in [0.2, 0.25) is 0 Å². The van der Waals surface area contributed by atoms with Crippen molar-refractivity contribution in [3.05, 3.63) is 39.9 Å². The summed E-state index contributed by atoms with van der Waals surface area (Å²) in [5.74, 6) is 1.13. The van der Waals surface area contributed by atoms with Crippen LogP contribution in [0.3, 0.4) is 0 Å². The molecule has 2 aromatic rings. The first kappa shape index (κ1) is 19.3. The molecule has 0 amide bonds. The Labute approximate surface area is 153 Å². The second-order valence-corrected chi connectivity index (χ2v) is 8.34. The Balaban J connectivity index is 2.45. The van der Waals surface area contributed by atoms with E-state index in [1.54, 1.807) is 32.2 Å². The highest BCUT2D eigenvalue weighted by Gasteiger charge is 2.36. The predicted molar refractivity (Wildman–Crippen MR) is 101 cm³/mol. The van der Waals surface area contributed by atoms with Crippen molar-refractivity contribution in [2.45, 2.75) is 39.5 Å². The lowest BCUT2D eigenvalue weighted by Crippen LogP contribution is -2.38. The number of halogens is 1. The lowest BCUT2D eigenvalue weighted by molar-refractivity contribution is -0.385. The second-order valence-electron chi connectivity index (χ2n) is 7.39. The van der Waals surface area contributed by atoms with Crippen LogP contribution in [-0.2, 0) is 0 Å². The lowest BCUT2D eigenvalue weighted by Gasteiger charge is -2.36. The van der Waals surface area contributed by atoms with Gasteiger partial charge in [0, 0.05) is 21.9 Å². The number of rotatable bonds is 6. The molecule has 0 aliphatic carbocycles. The number of methoxy groups -OCH3 is 1. The van der Waals surface area contributed by atoms with Gasteiger partial charge >= 0.3 is 0 Å². The van der Waals surface area contributed by atoms with E-state index in [2.05, 4.69) is 0 Å². The number of alkyl halides is 1. The molecule has 25 heavy (non-hydrogen) atoms. The van der Waals surface area contributed by atoms with Gasteiger partial charge in [-0.05, 0) is 49.7 Å². The standard InChI is InChI=1S/C19H24ClNO4/c1-12-7-13-9-16(24-6)17(10-14(13)8-15(12)21(22)23)25-11-18(2,3)19(4,5)20/h7-10H,11H2,1-6H3. The molecule has 0 atom stereocenters. The smallest absolute Gasteiger partial charge is 0.272 e. The van der Waals surface area contributed by atoms with Crippen LogP contribution in [0.25, 0.3) is 10.8 Å². The Morgan fingerprint density at radius 3 is 2.16 bits per heavy atom. The average Bonchev–Trinajstić information content (AvgIpc) is 2.50. The molecule has 2 rings (SSSR count). The van der Waals surface area contributed by atoms with Crippen molar-refractivity contribution in [2.75, 3.05) is 13.7 Å². The molecule has 0 saturated carbocycles. The fraction of sp³-hybridized carbons (Fsp3) is 0.474. The zero-order valence-corrected chi connectivity index (χ0v) is 16.2. The van der Waals surface area contributed by atoms with Gasteiger partial charge in [-0.3, -0.25) is 10.1 Å². The summed E-state index contributed by atoms with van der Waals surface area (Å²) in [6.45, 7) is 10.1. The summed E-state index contributed by atoms with van der Waals surface area (Å²) in [4.78, 5) is 10.3. The van der Waals surface area contributed by atoms with Crippen molar-refractivity contribution < 1.29 is 14.4 Å². The molecule has 0 radical (unpaired) electrons. The fourth-order valence-corrected chi connectivity index (χ4v) is 2.36. The molecule has 0 aliphatic heterocycles. The number of hydrogen-bond donors (Lipinski definition) is 0. The zero-order valence-electron chi connectivity index (χ0n) is 15.5. The zero-order chi connectivity index (χ0) is 19.0. The van der Waals surface area contributed by atoms with Crippen molar-refractivity contribution in [3.63, 3.8) is 0 Å². The molecule has 0 spiro atoms. The molecule has 5 nitrogen and oxygen atoms in total. The first-order valence-electron chi connectivity index (χ1n) is 8.05.